The van der Waals surface area contributed by atoms with E-state index < -0.39 is 71.5 Å². The second kappa shape index (κ2) is 17.5. The number of hydrogen-bond acceptors (Lipinski definition) is 13. The Kier molecular flexibility index (Phi) is 12.8. The van der Waals surface area contributed by atoms with Crippen LogP contribution in [0.2, 0.25) is 10.0 Å². The Balaban J connectivity index is 0.000000204. The number of amides is 2. The lowest BCUT2D eigenvalue weighted by Gasteiger charge is -2.10. The first kappa shape index (κ1) is 44.5. The maximum Gasteiger partial charge on any atom is 0.283 e. The minimum atomic E-state index is -4.53. The highest BCUT2D eigenvalue weighted by Gasteiger charge is 2.28. The minimum Gasteiger partial charge on any atom is -0.456 e. The number of carbonyl (C=O) groups is 2. The quantitative estimate of drug-likeness (QED) is 0.139. The van der Waals surface area contributed by atoms with Crippen LogP contribution in [-0.2, 0) is 40.1 Å². The average Bonchev–Trinajstić information content (AvgIpc) is 3.66. The van der Waals surface area contributed by atoms with Crippen LogP contribution in [-0.4, -0.2) is 55.5 Å². The summed E-state index contributed by atoms with van der Waals surface area (Å²) in [5.74, 6) is -1.54. The van der Waals surface area contributed by atoms with E-state index in [9.17, 15) is 43.3 Å². The first-order chi connectivity index (χ1) is 28.7. The van der Waals surface area contributed by atoms with Gasteiger partial charge < -0.3 is 4.42 Å². The number of fused-ring (bicyclic) bond motifs is 1. The van der Waals surface area contributed by atoms with Gasteiger partial charge in [-0.05, 0) is 60.7 Å². The van der Waals surface area contributed by atoms with Crippen LogP contribution in [0.5, 0.6) is 0 Å². The monoisotopic (exact) mass is 942 g/mol. The molecule has 0 bridgehead atoms. The normalized spacial score (nSPS) is 11.9. The molecule has 0 radical (unpaired) electrons. The highest BCUT2D eigenvalue weighted by atomic mass is 35.5. The van der Waals surface area contributed by atoms with Gasteiger partial charge in [-0.25, -0.2) is 53.4 Å². The lowest BCUT2D eigenvalue weighted by atomic mass is 10.1. The third-order valence-corrected chi connectivity index (χ3v) is 14.1. The Morgan fingerprint density at radius 1 is 0.541 bits per heavy atom. The molecule has 4 aromatic carbocycles. The smallest absolute Gasteiger partial charge is 0.283 e. The van der Waals surface area contributed by atoms with Gasteiger partial charge in [-0.1, -0.05) is 83.9 Å². The third-order valence-electron chi connectivity index (χ3n) is 8.31. The number of nitrogens with zero attached hydrogens (tertiary/aromatic N) is 2. The molecule has 17 nitrogen and oxygen atoms in total. The number of carbonyl (C=O) groups excluding carboxylic acids is 2. The molecule has 0 spiro atoms. The van der Waals surface area contributed by atoms with Gasteiger partial charge in [0.25, 0.3) is 31.9 Å². The van der Waals surface area contributed by atoms with Crippen molar-refractivity contribution < 1.29 is 47.7 Å². The van der Waals surface area contributed by atoms with E-state index in [4.69, 9.17) is 37.9 Å². The van der Waals surface area contributed by atoms with E-state index in [2.05, 4.69) is 9.97 Å². The second-order valence-electron chi connectivity index (χ2n) is 12.5. The van der Waals surface area contributed by atoms with E-state index in [0.717, 1.165) is 29.7 Å². The topological polar surface area (TPSA) is 286 Å². The van der Waals surface area contributed by atoms with Crippen molar-refractivity contribution in [2.45, 2.75) is 19.6 Å². The zero-order valence-corrected chi connectivity index (χ0v) is 35.4. The summed E-state index contributed by atoms with van der Waals surface area (Å²) in [6.45, 7) is 0. The number of primary sulfonamides is 2. The number of aromatic nitrogens is 2. The molecule has 3 aromatic heterocycles. The van der Waals surface area contributed by atoms with Gasteiger partial charge in [-0.3, -0.25) is 19.6 Å². The van der Waals surface area contributed by atoms with Crippen LogP contribution in [0.1, 0.15) is 21.0 Å². The summed E-state index contributed by atoms with van der Waals surface area (Å²) in [5, 5.41) is 11.7. The van der Waals surface area contributed by atoms with Gasteiger partial charge in [0.2, 0.25) is 20.0 Å². The maximum absolute atomic E-state index is 12.6. The number of nitrogens with two attached hydrogens (primary N) is 2. The lowest BCUT2D eigenvalue weighted by Crippen LogP contribution is -2.32. The zero-order chi connectivity index (χ0) is 44.3. The number of halogens is 2. The molecule has 0 atom stereocenters. The fourth-order valence-electron chi connectivity index (χ4n) is 5.49. The Morgan fingerprint density at radius 2 is 1.00 bits per heavy atom. The maximum atomic E-state index is 12.6. The molecule has 314 valence electrons. The molecule has 0 saturated heterocycles. The molecule has 61 heavy (non-hydrogen) atoms. The Labute approximate surface area is 358 Å². The molecule has 0 unspecified atom stereocenters. The summed E-state index contributed by atoms with van der Waals surface area (Å²) in [6, 6.07) is 29.3. The van der Waals surface area contributed by atoms with Gasteiger partial charge in [0, 0.05) is 34.5 Å². The van der Waals surface area contributed by atoms with Crippen molar-refractivity contribution in [3.8, 4) is 22.5 Å². The van der Waals surface area contributed by atoms with Crippen molar-refractivity contribution in [2.75, 3.05) is 0 Å². The molecule has 7 aromatic rings. The second-order valence-corrected chi connectivity index (χ2v) is 19.6. The van der Waals surface area contributed by atoms with E-state index in [1.54, 1.807) is 29.0 Å². The third kappa shape index (κ3) is 10.3. The Hall–Kier alpha value is -6.04. The number of nitrogens with one attached hydrogen (secondary N) is 2. The largest absolute Gasteiger partial charge is 0.456 e. The number of para-hydroxylation sites is 1. The standard InChI is InChI=1S/C20H15N3O6S2.C18H13Cl2N3O5S2/c21-30(25,26)18-7-3-4-8-19(18)31(27,28)23-20(24)15-10-9-14(12-22-15)17-11-13-5-1-2-6-16(13)29-17;19-13-5-3-4-12(17(13)20)11-8-9-14(22-10-11)18(24)23-30(27,28)16-7-2-1-6-15(16)29(21,25)26/h1-12H,(H,23,24)(H2,21,25,26);1-10H,(H,23,24)(H2,21,25,26). The Bertz CT molecular complexity index is 3260. The highest BCUT2D eigenvalue weighted by molar-refractivity contribution is 7.93. The molecular weight excluding hydrogens is 916 g/mol. The molecule has 7 rings (SSSR count). The predicted octanol–water partition coefficient (Wildman–Crippen LogP) is 5.08. The fourth-order valence-corrected chi connectivity index (χ4v) is 10.6. The van der Waals surface area contributed by atoms with Crippen LogP contribution >= 0.6 is 23.2 Å². The first-order valence-corrected chi connectivity index (χ1v) is 23.7. The van der Waals surface area contributed by atoms with E-state index in [0.29, 0.717) is 38.1 Å². The summed E-state index contributed by atoms with van der Waals surface area (Å²) in [7, 11) is -17.7. The van der Waals surface area contributed by atoms with E-state index >= 15 is 0 Å². The summed E-state index contributed by atoms with van der Waals surface area (Å²) >= 11 is 12.1. The molecule has 23 heteroatoms. The summed E-state index contributed by atoms with van der Waals surface area (Å²) < 4.78 is 106. The lowest BCUT2D eigenvalue weighted by molar-refractivity contribution is 0.0967. The van der Waals surface area contributed by atoms with Gasteiger partial charge in [0.15, 0.2) is 0 Å². The van der Waals surface area contributed by atoms with Crippen LogP contribution < -0.4 is 19.7 Å². The number of furan rings is 1. The van der Waals surface area contributed by atoms with Crippen molar-refractivity contribution in [3.63, 3.8) is 0 Å². The molecule has 0 saturated carbocycles. The number of rotatable bonds is 10. The molecule has 0 aliphatic rings. The van der Waals surface area contributed by atoms with Crippen LogP contribution in [0.3, 0.4) is 0 Å². The van der Waals surface area contributed by atoms with Gasteiger partial charge in [0.05, 0.1) is 10.0 Å². The van der Waals surface area contributed by atoms with Crippen molar-refractivity contribution in [1.82, 2.24) is 19.4 Å². The predicted molar refractivity (Wildman–Crippen MR) is 224 cm³/mol. The van der Waals surface area contributed by atoms with Crippen molar-refractivity contribution >= 4 is 86.1 Å². The summed E-state index contributed by atoms with van der Waals surface area (Å²) in [6.07, 6.45) is 2.70. The fraction of sp³-hybridized carbons (Fsp3) is 0. The van der Waals surface area contributed by atoms with Crippen molar-refractivity contribution in [1.29, 1.82) is 0 Å². The average molecular weight is 944 g/mol. The number of hydrogen-bond donors (Lipinski definition) is 4. The molecular formula is C38H28Cl2N6O11S4. The minimum absolute atomic E-state index is 0.184. The highest BCUT2D eigenvalue weighted by Crippen LogP contribution is 2.33. The van der Waals surface area contributed by atoms with E-state index in [1.807, 2.05) is 35.1 Å². The molecule has 0 aliphatic heterocycles. The molecule has 0 fully saturated rings. The van der Waals surface area contributed by atoms with Gasteiger partial charge in [-0.15, -0.1) is 0 Å². The van der Waals surface area contributed by atoms with Crippen LogP contribution in [0, 0.1) is 0 Å². The van der Waals surface area contributed by atoms with Crippen LogP contribution in [0.15, 0.2) is 158 Å². The first-order valence-electron chi connectivity index (χ1n) is 16.9. The van der Waals surface area contributed by atoms with Gasteiger partial charge in [-0.2, -0.15) is 0 Å². The number of pyridine rings is 2. The zero-order valence-electron chi connectivity index (χ0n) is 30.6. The van der Waals surface area contributed by atoms with Crippen LogP contribution in [0.4, 0.5) is 0 Å². The number of benzene rings is 4. The van der Waals surface area contributed by atoms with Crippen LogP contribution in [0.25, 0.3) is 33.4 Å². The van der Waals surface area contributed by atoms with Gasteiger partial charge in [0.1, 0.15) is 42.3 Å². The van der Waals surface area contributed by atoms with E-state index in [1.165, 1.54) is 54.9 Å². The SMILES string of the molecule is NS(=O)(=O)c1ccccc1S(=O)(=O)NC(=O)c1ccc(-c2cc3ccccc3o2)cn1.NS(=O)(=O)c1ccccc1S(=O)(=O)NC(=O)c1ccc(-c2cccc(Cl)c2Cl)cn1. The van der Waals surface area contributed by atoms with Gasteiger partial charge >= 0.3 is 0 Å². The molecule has 3 heterocycles. The van der Waals surface area contributed by atoms with Crippen molar-refractivity contribution in [2.24, 2.45) is 10.3 Å². The summed E-state index contributed by atoms with van der Waals surface area (Å²) in [5.41, 5.74) is 2.03. The molecule has 6 N–H and O–H groups in total. The molecule has 2 amide bonds. The summed E-state index contributed by atoms with van der Waals surface area (Å²) in [4.78, 5) is 30.2. The van der Waals surface area contributed by atoms with Crippen molar-refractivity contribution in [3.05, 3.63) is 155 Å². The Morgan fingerprint density at radius 3 is 1.46 bits per heavy atom. The number of sulfonamides is 4. The van der Waals surface area contributed by atoms with E-state index in [-0.39, 0.29) is 11.4 Å². The molecule has 0 aliphatic carbocycles.